The number of para-hydroxylation sites is 1. The van der Waals surface area contributed by atoms with Crippen LogP contribution in [0, 0.1) is 13.8 Å². The second-order valence-corrected chi connectivity index (χ2v) is 8.75. The predicted octanol–water partition coefficient (Wildman–Crippen LogP) is 5.01. The van der Waals surface area contributed by atoms with Crippen molar-refractivity contribution in [3.63, 3.8) is 0 Å². The van der Waals surface area contributed by atoms with Gasteiger partial charge in [0, 0.05) is 28.6 Å². The van der Waals surface area contributed by atoms with Gasteiger partial charge in [-0.05, 0) is 37.0 Å². The van der Waals surface area contributed by atoms with E-state index >= 15 is 0 Å². The molecule has 0 unspecified atom stereocenters. The number of nitrogens with one attached hydrogen (secondary N) is 1. The van der Waals surface area contributed by atoms with Gasteiger partial charge in [0.05, 0.1) is 5.75 Å². The Bertz CT molecular complexity index is 939. The zero-order valence-electron chi connectivity index (χ0n) is 16.2. The van der Waals surface area contributed by atoms with Crippen LogP contribution in [0.1, 0.15) is 35.8 Å². The lowest BCUT2D eigenvalue weighted by Crippen LogP contribution is -2.16. The van der Waals surface area contributed by atoms with Crippen LogP contribution in [0.25, 0.3) is 11.4 Å². The first-order valence-corrected chi connectivity index (χ1v) is 10.7. The van der Waals surface area contributed by atoms with Crippen molar-refractivity contribution in [2.45, 2.75) is 38.8 Å². The van der Waals surface area contributed by atoms with E-state index in [4.69, 9.17) is 0 Å². The SMILES string of the molecule is Cc1cccc(C)c1NC(=O)CSc1nnc(-c2csc(C(C)C)c2)n1C. The highest BCUT2D eigenvalue weighted by molar-refractivity contribution is 7.99. The molecule has 3 rings (SSSR count). The normalized spacial score (nSPS) is 11.2. The Morgan fingerprint density at radius 2 is 1.96 bits per heavy atom. The molecule has 2 heterocycles. The van der Waals surface area contributed by atoms with Crippen LogP contribution in [0.5, 0.6) is 0 Å². The quantitative estimate of drug-likeness (QED) is 0.591. The summed E-state index contributed by atoms with van der Waals surface area (Å²) >= 11 is 3.14. The number of hydrogen-bond donors (Lipinski definition) is 1. The topological polar surface area (TPSA) is 59.8 Å². The standard InChI is InChI=1S/C20H24N4OS2/c1-12(2)16-9-15(10-26-16)19-22-23-20(24(19)5)27-11-17(25)21-18-13(3)7-6-8-14(18)4/h6-10,12H,11H2,1-5H3,(H,21,25). The van der Waals surface area contributed by atoms with Gasteiger partial charge in [-0.25, -0.2) is 0 Å². The van der Waals surface area contributed by atoms with Crippen LogP contribution >= 0.6 is 23.1 Å². The number of rotatable bonds is 6. The maximum Gasteiger partial charge on any atom is 0.234 e. The Morgan fingerprint density at radius 3 is 2.59 bits per heavy atom. The molecule has 27 heavy (non-hydrogen) atoms. The van der Waals surface area contributed by atoms with E-state index in [-0.39, 0.29) is 5.91 Å². The number of benzene rings is 1. The highest BCUT2D eigenvalue weighted by Crippen LogP contribution is 2.30. The van der Waals surface area contributed by atoms with Crippen molar-refractivity contribution >= 4 is 34.7 Å². The molecule has 0 radical (unpaired) electrons. The van der Waals surface area contributed by atoms with E-state index in [0.717, 1.165) is 33.4 Å². The largest absolute Gasteiger partial charge is 0.325 e. The highest BCUT2D eigenvalue weighted by Gasteiger charge is 2.15. The zero-order chi connectivity index (χ0) is 19.6. The molecule has 0 aliphatic carbocycles. The molecule has 142 valence electrons. The maximum atomic E-state index is 12.4. The molecule has 0 aliphatic rings. The van der Waals surface area contributed by atoms with Gasteiger partial charge in [-0.1, -0.05) is 43.8 Å². The third-order valence-corrected chi connectivity index (χ3v) is 6.61. The van der Waals surface area contributed by atoms with Crippen LogP contribution < -0.4 is 5.32 Å². The summed E-state index contributed by atoms with van der Waals surface area (Å²) < 4.78 is 1.95. The van der Waals surface area contributed by atoms with Gasteiger partial charge < -0.3 is 9.88 Å². The molecule has 0 fully saturated rings. The number of carbonyl (C=O) groups excluding carboxylic acids is 1. The van der Waals surface area contributed by atoms with Crippen molar-refractivity contribution in [3.8, 4) is 11.4 Å². The van der Waals surface area contributed by atoms with E-state index in [1.165, 1.54) is 16.6 Å². The molecule has 2 aromatic heterocycles. The van der Waals surface area contributed by atoms with E-state index in [0.29, 0.717) is 11.7 Å². The first-order chi connectivity index (χ1) is 12.9. The number of thiophene rings is 1. The number of hydrogen-bond acceptors (Lipinski definition) is 5. The van der Waals surface area contributed by atoms with Crippen molar-refractivity contribution in [1.29, 1.82) is 0 Å². The molecule has 7 heteroatoms. The molecule has 3 aromatic rings. The Hall–Kier alpha value is -2.12. The van der Waals surface area contributed by atoms with E-state index in [2.05, 4.69) is 40.8 Å². The zero-order valence-corrected chi connectivity index (χ0v) is 17.9. The molecule has 0 atom stereocenters. The molecule has 0 bridgehead atoms. The number of thioether (sulfide) groups is 1. The first kappa shape index (κ1) is 19.6. The summed E-state index contributed by atoms with van der Waals surface area (Å²) in [4.78, 5) is 13.7. The minimum Gasteiger partial charge on any atom is -0.325 e. The fraction of sp³-hybridized carbons (Fsp3) is 0.350. The number of aryl methyl sites for hydroxylation is 2. The van der Waals surface area contributed by atoms with Crippen LogP contribution in [-0.4, -0.2) is 26.4 Å². The highest BCUT2D eigenvalue weighted by atomic mass is 32.2. The Labute approximate surface area is 168 Å². The maximum absolute atomic E-state index is 12.4. The number of nitrogens with zero attached hydrogens (tertiary/aromatic N) is 3. The van der Waals surface area contributed by atoms with E-state index < -0.39 is 0 Å². The fourth-order valence-electron chi connectivity index (χ4n) is 2.78. The lowest BCUT2D eigenvalue weighted by Gasteiger charge is -2.11. The van der Waals surface area contributed by atoms with Gasteiger partial charge in [0.2, 0.25) is 5.91 Å². The van der Waals surface area contributed by atoms with Gasteiger partial charge in [-0.2, -0.15) is 0 Å². The van der Waals surface area contributed by atoms with Gasteiger partial charge in [0.15, 0.2) is 11.0 Å². The lowest BCUT2D eigenvalue weighted by molar-refractivity contribution is -0.113. The van der Waals surface area contributed by atoms with Crippen molar-refractivity contribution in [1.82, 2.24) is 14.8 Å². The van der Waals surface area contributed by atoms with Crippen molar-refractivity contribution < 1.29 is 4.79 Å². The number of carbonyl (C=O) groups is 1. The number of anilines is 1. The fourth-order valence-corrected chi connectivity index (χ4v) is 4.40. The summed E-state index contributed by atoms with van der Waals surface area (Å²) in [5.74, 6) is 1.58. The minimum absolute atomic E-state index is 0.0421. The number of amides is 1. The summed E-state index contributed by atoms with van der Waals surface area (Å²) in [7, 11) is 1.94. The Kier molecular flexibility index (Phi) is 6.01. The molecule has 0 saturated carbocycles. The molecule has 0 saturated heterocycles. The summed E-state index contributed by atoms with van der Waals surface area (Å²) in [5.41, 5.74) is 4.09. The average molecular weight is 401 g/mol. The van der Waals surface area contributed by atoms with Gasteiger partial charge in [0.1, 0.15) is 0 Å². The van der Waals surface area contributed by atoms with Gasteiger partial charge in [0.25, 0.3) is 0 Å². The van der Waals surface area contributed by atoms with E-state index in [1.54, 1.807) is 11.3 Å². The van der Waals surface area contributed by atoms with Gasteiger partial charge in [-0.3, -0.25) is 4.79 Å². The Balaban J connectivity index is 1.66. The summed E-state index contributed by atoms with van der Waals surface area (Å²) in [6, 6.07) is 8.15. The van der Waals surface area contributed by atoms with Crippen LogP contribution in [0.2, 0.25) is 0 Å². The van der Waals surface area contributed by atoms with Gasteiger partial charge in [-0.15, -0.1) is 21.5 Å². The Morgan fingerprint density at radius 1 is 1.26 bits per heavy atom. The summed E-state index contributed by atoms with van der Waals surface area (Å²) in [6.07, 6.45) is 0. The van der Waals surface area contributed by atoms with Crippen LogP contribution in [0.15, 0.2) is 34.8 Å². The van der Waals surface area contributed by atoms with Crippen LogP contribution in [0.3, 0.4) is 0 Å². The molecular weight excluding hydrogens is 376 g/mol. The van der Waals surface area contributed by atoms with E-state index in [9.17, 15) is 4.79 Å². The summed E-state index contributed by atoms with van der Waals surface area (Å²) in [5, 5.41) is 14.4. The molecular formula is C20H24N4OS2. The molecule has 0 spiro atoms. The third-order valence-electron chi connectivity index (χ3n) is 4.36. The van der Waals surface area contributed by atoms with Crippen molar-refractivity contribution in [2.24, 2.45) is 7.05 Å². The average Bonchev–Trinajstić information content (AvgIpc) is 3.23. The van der Waals surface area contributed by atoms with Crippen LogP contribution in [-0.2, 0) is 11.8 Å². The summed E-state index contributed by atoms with van der Waals surface area (Å²) in [6.45, 7) is 8.36. The molecule has 0 aliphatic heterocycles. The predicted molar refractivity (Wildman–Crippen MR) is 114 cm³/mol. The second kappa shape index (κ2) is 8.27. The minimum atomic E-state index is -0.0421. The lowest BCUT2D eigenvalue weighted by atomic mass is 10.1. The van der Waals surface area contributed by atoms with Crippen molar-refractivity contribution in [3.05, 3.63) is 45.6 Å². The monoisotopic (exact) mass is 400 g/mol. The first-order valence-electron chi connectivity index (χ1n) is 8.84. The second-order valence-electron chi connectivity index (χ2n) is 6.86. The third kappa shape index (κ3) is 4.42. The van der Waals surface area contributed by atoms with Crippen molar-refractivity contribution in [2.75, 3.05) is 11.1 Å². The molecule has 1 N–H and O–H groups in total. The molecule has 1 amide bonds. The van der Waals surface area contributed by atoms with Gasteiger partial charge >= 0.3 is 0 Å². The molecule has 5 nitrogen and oxygen atoms in total. The van der Waals surface area contributed by atoms with E-state index in [1.807, 2.05) is 43.7 Å². The van der Waals surface area contributed by atoms with Crippen LogP contribution in [0.4, 0.5) is 5.69 Å². The molecule has 1 aromatic carbocycles. The number of aromatic nitrogens is 3. The smallest absolute Gasteiger partial charge is 0.234 e.